The molecule has 23 heavy (non-hydrogen) atoms. The summed E-state index contributed by atoms with van der Waals surface area (Å²) >= 11 is 0. The Balaban J connectivity index is 1.60. The lowest BCUT2D eigenvalue weighted by Gasteiger charge is -2.33. The third kappa shape index (κ3) is 3.42. The van der Waals surface area contributed by atoms with Crippen molar-refractivity contribution in [2.75, 3.05) is 6.54 Å². The topological polar surface area (TPSA) is 78.5 Å². The Morgan fingerprint density at radius 3 is 2.74 bits per heavy atom. The van der Waals surface area contributed by atoms with Crippen LogP contribution in [0.2, 0.25) is 0 Å². The fourth-order valence-corrected chi connectivity index (χ4v) is 3.14. The van der Waals surface area contributed by atoms with Gasteiger partial charge in [-0.05, 0) is 30.9 Å². The van der Waals surface area contributed by atoms with Crippen LogP contribution in [-0.4, -0.2) is 41.2 Å². The Morgan fingerprint density at radius 2 is 2.00 bits per heavy atom. The van der Waals surface area contributed by atoms with E-state index in [1.54, 1.807) is 0 Å². The second-order valence-electron chi connectivity index (χ2n) is 6.18. The van der Waals surface area contributed by atoms with Gasteiger partial charge in [0.25, 0.3) is 0 Å². The largest absolute Gasteiger partial charge is 0.343 e. The van der Waals surface area contributed by atoms with E-state index in [1.807, 2.05) is 19.1 Å². The van der Waals surface area contributed by atoms with Gasteiger partial charge in [-0.15, -0.1) is 0 Å². The van der Waals surface area contributed by atoms with E-state index < -0.39 is 11.9 Å². The summed E-state index contributed by atoms with van der Waals surface area (Å²) in [7, 11) is 0. The number of hydrogen-bond acceptors (Lipinski definition) is 4. The van der Waals surface area contributed by atoms with Gasteiger partial charge in [-0.25, -0.2) is 0 Å². The number of fused-ring (bicyclic) bond motifs is 1. The first kappa shape index (κ1) is 15.7. The number of carbonyl (C=O) groups is 3. The molecular formula is C17H21N3O3. The summed E-state index contributed by atoms with van der Waals surface area (Å²) in [4.78, 5) is 37.4. The highest BCUT2D eigenvalue weighted by Crippen LogP contribution is 2.20. The van der Waals surface area contributed by atoms with Crippen molar-refractivity contribution in [2.45, 2.75) is 44.8 Å². The predicted octanol–water partition coefficient (Wildman–Crippen LogP) is 0.355. The molecule has 0 bridgehead atoms. The van der Waals surface area contributed by atoms with Crippen molar-refractivity contribution in [2.24, 2.45) is 0 Å². The molecule has 6 heteroatoms. The summed E-state index contributed by atoms with van der Waals surface area (Å²) in [6.07, 6.45) is 1.56. The van der Waals surface area contributed by atoms with Crippen LogP contribution < -0.4 is 10.6 Å². The Kier molecular flexibility index (Phi) is 4.43. The molecule has 2 aliphatic heterocycles. The van der Waals surface area contributed by atoms with Gasteiger partial charge < -0.3 is 5.32 Å². The summed E-state index contributed by atoms with van der Waals surface area (Å²) in [5.41, 5.74) is 2.58. The molecule has 1 fully saturated rings. The van der Waals surface area contributed by atoms with Crippen LogP contribution in [-0.2, 0) is 27.3 Å². The fraction of sp³-hybridized carbons (Fsp3) is 0.471. The van der Waals surface area contributed by atoms with Crippen LogP contribution in [0, 0.1) is 0 Å². The lowest BCUT2D eigenvalue weighted by atomic mass is 9.98. The van der Waals surface area contributed by atoms with Gasteiger partial charge in [0.1, 0.15) is 6.04 Å². The van der Waals surface area contributed by atoms with Crippen molar-refractivity contribution in [1.82, 2.24) is 15.5 Å². The van der Waals surface area contributed by atoms with Crippen molar-refractivity contribution < 1.29 is 14.4 Å². The minimum Gasteiger partial charge on any atom is -0.343 e. The molecule has 2 unspecified atom stereocenters. The number of rotatable bonds is 3. The predicted molar refractivity (Wildman–Crippen MR) is 84.3 cm³/mol. The Morgan fingerprint density at radius 1 is 1.26 bits per heavy atom. The normalized spacial score (nSPS) is 22.9. The SMILES string of the molecule is CC(C(=O)NC1CCC(=O)NC1=O)N1CCc2ccccc2C1. The molecule has 3 rings (SSSR count). The van der Waals surface area contributed by atoms with Gasteiger partial charge in [0.15, 0.2) is 0 Å². The molecule has 0 aliphatic carbocycles. The maximum atomic E-state index is 12.4. The molecular weight excluding hydrogens is 294 g/mol. The molecule has 1 saturated heterocycles. The van der Waals surface area contributed by atoms with Crippen LogP contribution in [0.15, 0.2) is 24.3 Å². The van der Waals surface area contributed by atoms with Crippen LogP contribution in [0.4, 0.5) is 0 Å². The highest BCUT2D eigenvalue weighted by atomic mass is 16.2. The standard InChI is InChI=1S/C17H21N3O3/c1-11(16(22)18-14-6-7-15(21)19-17(14)23)20-9-8-12-4-2-3-5-13(12)10-20/h2-5,11,14H,6-10H2,1H3,(H,18,22)(H,19,21,23). The van der Waals surface area contributed by atoms with Crippen LogP contribution in [0.25, 0.3) is 0 Å². The molecule has 0 aromatic heterocycles. The van der Waals surface area contributed by atoms with E-state index >= 15 is 0 Å². The maximum Gasteiger partial charge on any atom is 0.249 e. The molecule has 1 aromatic carbocycles. The maximum absolute atomic E-state index is 12.4. The number of nitrogens with one attached hydrogen (secondary N) is 2. The number of benzene rings is 1. The molecule has 2 N–H and O–H groups in total. The number of imide groups is 1. The zero-order valence-electron chi connectivity index (χ0n) is 13.2. The second kappa shape index (κ2) is 6.50. The first-order valence-electron chi connectivity index (χ1n) is 7.99. The zero-order chi connectivity index (χ0) is 16.4. The minimum absolute atomic E-state index is 0.168. The monoisotopic (exact) mass is 315 g/mol. The molecule has 3 amide bonds. The van der Waals surface area contributed by atoms with E-state index in [0.717, 1.165) is 19.5 Å². The molecule has 2 heterocycles. The first-order valence-corrected chi connectivity index (χ1v) is 7.99. The summed E-state index contributed by atoms with van der Waals surface area (Å²) < 4.78 is 0. The number of amides is 3. The lowest BCUT2D eigenvalue weighted by Crippen LogP contribution is -2.56. The first-order chi connectivity index (χ1) is 11.0. The fourth-order valence-electron chi connectivity index (χ4n) is 3.14. The van der Waals surface area contributed by atoms with E-state index in [4.69, 9.17) is 0 Å². The van der Waals surface area contributed by atoms with E-state index in [-0.39, 0.29) is 24.3 Å². The van der Waals surface area contributed by atoms with Gasteiger partial charge in [0.2, 0.25) is 17.7 Å². The van der Waals surface area contributed by atoms with Gasteiger partial charge >= 0.3 is 0 Å². The van der Waals surface area contributed by atoms with Crippen molar-refractivity contribution in [3.05, 3.63) is 35.4 Å². The van der Waals surface area contributed by atoms with Crippen molar-refractivity contribution in [3.8, 4) is 0 Å². The summed E-state index contributed by atoms with van der Waals surface area (Å²) in [6, 6.07) is 7.34. The number of carbonyl (C=O) groups excluding carboxylic acids is 3. The quantitative estimate of drug-likeness (QED) is 0.789. The van der Waals surface area contributed by atoms with Crippen molar-refractivity contribution >= 4 is 17.7 Å². The highest BCUT2D eigenvalue weighted by molar-refractivity contribution is 6.01. The minimum atomic E-state index is -0.611. The van der Waals surface area contributed by atoms with Gasteiger partial charge in [-0.1, -0.05) is 24.3 Å². The number of hydrogen-bond donors (Lipinski definition) is 2. The second-order valence-corrected chi connectivity index (χ2v) is 6.18. The average Bonchev–Trinajstić information content (AvgIpc) is 2.56. The van der Waals surface area contributed by atoms with Crippen LogP contribution in [0.5, 0.6) is 0 Å². The molecule has 122 valence electrons. The van der Waals surface area contributed by atoms with Crippen molar-refractivity contribution in [1.29, 1.82) is 0 Å². The molecule has 0 spiro atoms. The van der Waals surface area contributed by atoms with E-state index in [0.29, 0.717) is 6.42 Å². The van der Waals surface area contributed by atoms with Gasteiger partial charge in [0.05, 0.1) is 6.04 Å². The summed E-state index contributed by atoms with van der Waals surface area (Å²) in [6.45, 7) is 3.41. The van der Waals surface area contributed by atoms with E-state index in [2.05, 4.69) is 27.7 Å². The average molecular weight is 315 g/mol. The Hall–Kier alpha value is -2.21. The molecule has 1 aromatic rings. The number of nitrogens with zero attached hydrogens (tertiary/aromatic N) is 1. The van der Waals surface area contributed by atoms with Gasteiger partial charge in [-0.3, -0.25) is 24.6 Å². The van der Waals surface area contributed by atoms with Crippen LogP contribution in [0.3, 0.4) is 0 Å². The molecule has 2 atom stereocenters. The lowest BCUT2D eigenvalue weighted by molar-refractivity contribution is -0.138. The molecule has 2 aliphatic rings. The molecule has 0 radical (unpaired) electrons. The zero-order valence-corrected chi connectivity index (χ0v) is 13.2. The molecule has 0 saturated carbocycles. The van der Waals surface area contributed by atoms with Gasteiger partial charge in [0, 0.05) is 19.5 Å². The third-order valence-corrected chi connectivity index (χ3v) is 4.64. The highest BCUT2D eigenvalue weighted by Gasteiger charge is 2.31. The van der Waals surface area contributed by atoms with Crippen LogP contribution in [0.1, 0.15) is 30.9 Å². The van der Waals surface area contributed by atoms with E-state index in [9.17, 15) is 14.4 Å². The van der Waals surface area contributed by atoms with Crippen LogP contribution >= 0.6 is 0 Å². The summed E-state index contributed by atoms with van der Waals surface area (Å²) in [5.74, 6) is -0.856. The summed E-state index contributed by atoms with van der Waals surface area (Å²) in [5, 5.41) is 5.03. The Bertz CT molecular complexity index is 644. The van der Waals surface area contributed by atoms with Gasteiger partial charge in [-0.2, -0.15) is 0 Å². The molecule has 6 nitrogen and oxygen atoms in total. The van der Waals surface area contributed by atoms with E-state index in [1.165, 1.54) is 11.1 Å². The smallest absolute Gasteiger partial charge is 0.249 e. The Labute approximate surface area is 135 Å². The van der Waals surface area contributed by atoms with Crippen molar-refractivity contribution in [3.63, 3.8) is 0 Å². The number of piperidine rings is 1. The third-order valence-electron chi connectivity index (χ3n) is 4.64.